The van der Waals surface area contributed by atoms with Crippen LogP contribution in [-0.2, 0) is 13.1 Å². The smallest absolute Gasteiger partial charge is 0.149 e. The van der Waals surface area contributed by atoms with E-state index in [0.717, 1.165) is 17.9 Å². The van der Waals surface area contributed by atoms with Crippen LogP contribution in [0.5, 0.6) is 0 Å². The number of hydrogen-bond acceptors (Lipinski definition) is 4. The summed E-state index contributed by atoms with van der Waals surface area (Å²) in [5.41, 5.74) is 4.57. The van der Waals surface area contributed by atoms with Crippen molar-refractivity contribution in [3.05, 3.63) is 70.4 Å². The van der Waals surface area contributed by atoms with Gasteiger partial charge in [-0.2, -0.15) is 5.10 Å². The van der Waals surface area contributed by atoms with E-state index in [9.17, 15) is 0 Å². The minimum absolute atomic E-state index is 0.378. The molecule has 0 bridgehead atoms. The summed E-state index contributed by atoms with van der Waals surface area (Å²) in [6.07, 6.45) is 3.17. The van der Waals surface area contributed by atoms with Crippen molar-refractivity contribution in [2.24, 2.45) is 0 Å². The van der Waals surface area contributed by atoms with Gasteiger partial charge in [0.15, 0.2) is 0 Å². The van der Waals surface area contributed by atoms with Crippen molar-refractivity contribution in [1.82, 2.24) is 19.7 Å². The summed E-state index contributed by atoms with van der Waals surface area (Å²) in [5, 5.41) is 8.28. The van der Waals surface area contributed by atoms with Crippen molar-refractivity contribution in [3.8, 4) is 0 Å². The molecule has 3 rings (SSSR count). The minimum atomic E-state index is 0.378. The molecule has 0 spiro atoms. The first kappa shape index (κ1) is 15.5. The second-order valence-corrected chi connectivity index (χ2v) is 5.76. The minimum Gasteiger partial charge on any atom is -0.365 e. The molecule has 0 aliphatic rings. The van der Waals surface area contributed by atoms with E-state index in [-0.39, 0.29) is 0 Å². The molecule has 3 aromatic rings. The molecule has 23 heavy (non-hydrogen) atoms. The van der Waals surface area contributed by atoms with E-state index < -0.39 is 0 Å². The first-order valence-electron chi connectivity index (χ1n) is 7.41. The molecule has 1 aromatic carbocycles. The van der Waals surface area contributed by atoms with Gasteiger partial charge in [-0.05, 0) is 19.4 Å². The normalized spacial score (nSPS) is 10.7. The quantitative estimate of drug-likeness (QED) is 0.778. The summed E-state index contributed by atoms with van der Waals surface area (Å²) < 4.78 is 2.03. The van der Waals surface area contributed by atoms with Crippen LogP contribution in [0.3, 0.4) is 0 Å². The lowest BCUT2D eigenvalue weighted by atomic mass is 10.2. The van der Waals surface area contributed by atoms with Crippen LogP contribution in [0, 0.1) is 13.8 Å². The standard InChI is InChI=1S/C17H18ClN5/c1-12-15(8-20-17-10-19-9-16(18)21-17)13(2)23(22-12)11-14-6-4-3-5-7-14/h3-7,9-10H,8,11H2,1-2H3,(H,20,21). The average molecular weight is 328 g/mol. The van der Waals surface area contributed by atoms with Crippen LogP contribution in [0.4, 0.5) is 5.82 Å². The van der Waals surface area contributed by atoms with Crippen molar-refractivity contribution in [1.29, 1.82) is 0 Å². The van der Waals surface area contributed by atoms with Gasteiger partial charge in [0.1, 0.15) is 11.0 Å². The summed E-state index contributed by atoms with van der Waals surface area (Å²) in [5.74, 6) is 0.659. The number of anilines is 1. The summed E-state index contributed by atoms with van der Waals surface area (Å²) >= 11 is 5.85. The topological polar surface area (TPSA) is 55.6 Å². The maximum absolute atomic E-state index is 5.85. The number of aryl methyl sites for hydroxylation is 1. The van der Waals surface area contributed by atoms with Gasteiger partial charge in [0.2, 0.25) is 0 Å². The van der Waals surface area contributed by atoms with E-state index in [4.69, 9.17) is 11.6 Å². The molecule has 0 saturated carbocycles. The number of halogens is 1. The van der Waals surface area contributed by atoms with Crippen LogP contribution in [0.2, 0.25) is 5.15 Å². The van der Waals surface area contributed by atoms with E-state index in [1.807, 2.05) is 29.8 Å². The molecule has 6 heteroatoms. The SMILES string of the molecule is Cc1nn(Cc2ccccc2)c(C)c1CNc1cncc(Cl)n1. The molecule has 5 nitrogen and oxygen atoms in total. The zero-order chi connectivity index (χ0) is 16.2. The van der Waals surface area contributed by atoms with Gasteiger partial charge in [-0.3, -0.25) is 9.67 Å². The number of benzene rings is 1. The zero-order valence-electron chi connectivity index (χ0n) is 13.1. The Balaban J connectivity index is 1.75. The van der Waals surface area contributed by atoms with Gasteiger partial charge in [0.05, 0.1) is 24.6 Å². The zero-order valence-corrected chi connectivity index (χ0v) is 13.9. The van der Waals surface area contributed by atoms with Crippen molar-refractivity contribution in [3.63, 3.8) is 0 Å². The molecular weight excluding hydrogens is 310 g/mol. The van der Waals surface area contributed by atoms with Crippen LogP contribution < -0.4 is 5.32 Å². The van der Waals surface area contributed by atoms with Crippen molar-refractivity contribution < 1.29 is 0 Å². The number of nitrogens with zero attached hydrogens (tertiary/aromatic N) is 4. The number of aromatic nitrogens is 4. The largest absolute Gasteiger partial charge is 0.365 e. The maximum atomic E-state index is 5.85. The summed E-state index contributed by atoms with van der Waals surface area (Å²) in [6, 6.07) is 10.3. The van der Waals surface area contributed by atoms with Crippen molar-refractivity contribution >= 4 is 17.4 Å². The second-order valence-electron chi connectivity index (χ2n) is 5.37. The fourth-order valence-corrected chi connectivity index (χ4v) is 2.65. The fraction of sp³-hybridized carbons (Fsp3) is 0.235. The van der Waals surface area contributed by atoms with Gasteiger partial charge in [-0.25, -0.2) is 4.98 Å². The highest BCUT2D eigenvalue weighted by atomic mass is 35.5. The fourth-order valence-electron chi connectivity index (χ4n) is 2.51. The molecule has 0 atom stereocenters. The highest BCUT2D eigenvalue weighted by molar-refractivity contribution is 6.29. The first-order valence-corrected chi connectivity index (χ1v) is 7.79. The van der Waals surface area contributed by atoms with E-state index >= 15 is 0 Å². The Morgan fingerprint density at radius 3 is 2.65 bits per heavy atom. The Kier molecular flexibility index (Phi) is 4.57. The Morgan fingerprint density at radius 2 is 1.91 bits per heavy atom. The molecule has 0 unspecified atom stereocenters. The Labute approximate surface area is 140 Å². The monoisotopic (exact) mass is 327 g/mol. The van der Waals surface area contributed by atoms with Crippen LogP contribution in [0.1, 0.15) is 22.5 Å². The van der Waals surface area contributed by atoms with E-state index in [1.54, 1.807) is 6.20 Å². The average Bonchev–Trinajstić information content (AvgIpc) is 2.80. The molecule has 0 saturated heterocycles. The Bertz CT molecular complexity index is 798. The van der Waals surface area contributed by atoms with Crippen molar-refractivity contribution in [2.75, 3.05) is 5.32 Å². The van der Waals surface area contributed by atoms with Crippen LogP contribution in [-0.4, -0.2) is 19.7 Å². The van der Waals surface area contributed by atoms with E-state index in [0.29, 0.717) is 17.5 Å². The Hall–Kier alpha value is -2.40. The highest BCUT2D eigenvalue weighted by Gasteiger charge is 2.12. The molecule has 0 amide bonds. The second kappa shape index (κ2) is 6.79. The molecule has 2 heterocycles. The van der Waals surface area contributed by atoms with Crippen LogP contribution >= 0.6 is 11.6 Å². The third kappa shape index (κ3) is 3.68. The van der Waals surface area contributed by atoms with Crippen molar-refractivity contribution in [2.45, 2.75) is 26.9 Å². The van der Waals surface area contributed by atoms with Gasteiger partial charge in [-0.15, -0.1) is 0 Å². The molecular formula is C17H18ClN5. The predicted octanol–water partition coefficient (Wildman–Crippen LogP) is 3.60. The first-order chi connectivity index (χ1) is 11.1. The molecule has 118 valence electrons. The van der Waals surface area contributed by atoms with Crippen LogP contribution in [0.25, 0.3) is 0 Å². The third-order valence-corrected chi connectivity index (χ3v) is 3.94. The lowest BCUT2D eigenvalue weighted by Crippen LogP contribution is -2.06. The highest BCUT2D eigenvalue weighted by Crippen LogP contribution is 2.17. The summed E-state index contributed by atoms with van der Waals surface area (Å²) in [4.78, 5) is 8.21. The van der Waals surface area contributed by atoms with Gasteiger partial charge < -0.3 is 5.32 Å². The van der Waals surface area contributed by atoms with Crippen LogP contribution in [0.15, 0.2) is 42.7 Å². The molecule has 0 aliphatic carbocycles. The van der Waals surface area contributed by atoms with E-state index in [1.165, 1.54) is 17.3 Å². The predicted molar refractivity (Wildman–Crippen MR) is 91.6 cm³/mol. The lowest BCUT2D eigenvalue weighted by molar-refractivity contribution is 0.658. The third-order valence-electron chi connectivity index (χ3n) is 3.76. The van der Waals surface area contributed by atoms with Gasteiger partial charge in [-0.1, -0.05) is 41.9 Å². The van der Waals surface area contributed by atoms with Gasteiger partial charge in [0.25, 0.3) is 0 Å². The molecule has 0 aliphatic heterocycles. The van der Waals surface area contributed by atoms with E-state index in [2.05, 4.69) is 39.4 Å². The molecule has 2 aromatic heterocycles. The summed E-state index contributed by atoms with van der Waals surface area (Å²) in [6.45, 7) is 5.52. The number of hydrogen-bond donors (Lipinski definition) is 1. The van der Waals surface area contributed by atoms with Gasteiger partial charge in [0, 0.05) is 17.8 Å². The Morgan fingerprint density at radius 1 is 1.13 bits per heavy atom. The molecule has 0 radical (unpaired) electrons. The molecule has 1 N–H and O–H groups in total. The van der Waals surface area contributed by atoms with Gasteiger partial charge >= 0.3 is 0 Å². The maximum Gasteiger partial charge on any atom is 0.149 e. The lowest BCUT2D eigenvalue weighted by Gasteiger charge is -2.07. The number of nitrogens with one attached hydrogen (secondary N) is 1. The molecule has 0 fully saturated rings. The summed E-state index contributed by atoms with van der Waals surface area (Å²) in [7, 11) is 0. The number of rotatable bonds is 5.